The van der Waals surface area contributed by atoms with Crippen molar-refractivity contribution >= 4 is 0 Å². The summed E-state index contributed by atoms with van der Waals surface area (Å²) in [6, 6.07) is 9.33. The molecule has 3 unspecified atom stereocenters. The minimum atomic E-state index is 0.225. The Morgan fingerprint density at radius 2 is 1.90 bits per heavy atom. The van der Waals surface area contributed by atoms with Crippen LogP contribution < -0.4 is 10.1 Å². The molecule has 112 valence electrons. The van der Waals surface area contributed by atoms with E-state index in [4.69, 9.17) is 9.47 Å². The zero-order valence-electron chi connectivity index (χ0n) is 13.3. The molecule has 1 fully saturated rings. The molecule has 0 heterocycles. The summed E-state index contributed by atoms with van der Waals surface area (Å²) in [5.41, 5.74) is 1.56. The molecule has 1 saturated carbocycles. The van der Waals surface area contributed by atoms with Crippen molar-refractivity contribution in [1.29, 1.82) is 0 Å². The maximum atomic E-state index is 5.50. The van der Waals surface area contributed by atoms with Gasteiger partial charge < -0.3 is 14.8 Å². The first-order valence-electron chi connectivity index (χ1n) is 7.39. The van der Waals surface area contributed by atoms with Crippen molar-refractivity contribution in [2.45, 2.75) is 51.8 Å². The first-order chi connectivity index (χ1) is 9.47. The van der Waals surface area contributed by atoms with E-state index in [2.05, 4.69) is 38.2 Å². The molecule has 1 aromatic rings. The van der Waals surface area contributed by atoms with E-state index in [0.29, 0.717) is 18.2 Å². The van der Waals surface area contributed by atoms with Crippen LogP contribution in [0, 0.1) is 5.41 Å². The molecule has 0 amide bonds. The Labute approximate surface area is 122 Å². The van der Waals surface area contributed by atoms with Gasteiger partial charge in [-0.3, -0.25) is 0 Å². The maximum absolute atomic E-state index is 5.50. The van der Waals surface area contributed by atoms with E-state index in [1.54, 1.807) is 7.11 Å². The SMILES string of the molecule is COc1ccc(CC(C)NC2CC(OC)C2(C)C)cc1. The Morgan fingerprint density at radius 3 is 2.40 bits per heavy atom. The monoisotopic (exact) mass is 277 g/mol. The van der Waals surface area contributed by atoms with Gasteiger partial charge in [0.1, 0.15) is 5.75 Å². The van der Waals surface area contributed by atoms with E-state index >= 15 is 0 Å². The molecule has 0 spiro atoms. The first kappa shape index (κ1) is 15.3. The summed E-state index contributed by atoms with van der Waals surface area (Å²) in [5.74, 6) is 0.914. The molecule has 2 rings (SSSR count). The molecule has 1 aliphatic rings. The lowest BCUT2D eigenvalue weighted by Crippen LogP contribution is -2.62. The molecule has 1 aliphatic carbocycles. The quantitative estimate of drug-likeness (QED) is 0.867. The number of ether oxygens (including phenoxy) is 2. The molecule has 3 nitrogen and oxygen atoms in total. The maximum Gasteiger partial charge on any atom is 0.118 e. The number of hydrogen-bond donors (Lipinski definition) is 1. The van der Waals surface area contributed by atoms with Crippen LogP contribution in [0.25, 0.3) is 0 Å². The zero-order chi connectivity index (χ0) is 14.8. The summed E-state index contributed by atoms with van der Waals surface area (Å²) in [6.07, 6.45) is 2.53. The summed E-state index contributed by atoms with van der Waals surface area (Å²) in [6.45, 7) is 6.81. The van der Waals surface area contributed by atoms with E-state index in [-0.39, 0.29) is 5.41 Å². The second-order valence-corrected chi connectivity index (χ2v) is 6.45. The van der Waals surface area contributed by atoms with E-state index in [1.807, 2.05) is 19.2 Å². The van der Waals surface area contributed by atoms with Gasteiger partial charge >= 0.3 is 0 Å². The summed E-state index contributed by atoms with van der Waals surface area (Å²) >= 11 is 0. The van der Waals surface area contributed by atoms with Gasteiger partial charge in [-0.2, -0.15) is 0 Å². The van der Waals surface area contributed by atoms with Crippen molar-refractivity contribution in [2.75, 3.05) is 14.2 Å². The van der Waals surface area contributed by atoms with Crippen molar-refractivity contribution in [2.24, 2.45) is 5.41 Å². The number of nitrogens with one attached hydrogen (secondary N) is 1. The molecule has 1 aromatic carbocycles. The normalized spacial score (nSPS) is 25.9. The number of benzene rings is 1. The Kier molecular flexibility index (Phi) is 4.71. The lowest BCUT2D eigenvalue weighted by Gasteiger charge is -2.52. The Balaban J connectivity index is 1.85. The van der Waals surface area contributed by atoms with E-state index in [9.17, 15) is 0 Å². The van der Waals surface area contributed by atoms with Crippen LogP contribution in [-0.4, -0.2) is 32.4 Å². The first-order valence-corrected chi connectivity index (χ1v) is 7.39. The highest BCUT2D eigenvalue weighted by Crippen LogP contribution is 2.42. The van der Waals surface area contributed by atoms with Crippen LogP contribution in [0.3, 0.4) is 0 Å². The number of hydrogen-bond acceptors (Lipinski definition) is 3. The molecule has 0 aliphatic heterocycles. The van der Waals surface area contributed by atoms with E-state index in [1.165, 1.54) is 5.56 Å². The van der Waals surface area contributed by atoms with Crippen molar-refractivity contribution in [3.05, 3.63) is 29.8 Å². The van der Waals surface area contributed by atoms with Crippen molar-refractivity contribution in [1.82, 2.24) is 5.32 Å². The average molecular weight is 277 g/mol. The van der Waals surface area contributed by atoms with Gasteiger partial charge in [0.05, 0.1) is 13.2 Å². The molecule has 1 N–H and O–H groups in total. The van der Waals surface area contributed by atoms with Crippen LogP contribution in [0.2, 0.25) is 0 Å². The Hall–Kier alpha value is -1.06. The molecule has 0 saturated heterocycles. The van der Waals surface area contributed by atoms with Gasteiger partial charge in [-0.25, -0.2) is 0 Å². The highest BCUT2D eigenvalue weighted by molar-refractivity contribution is 5.27. The lowest BCUT2D eigenvalue weighted by molar-refractivity contribution is -0.0997. The predicted octanol–water partition coefficient (Wildman–Crippen LogP) is 3.03. The summed E-state index contributed by atoms with van der Waals surface area (Å²) in [5, 5.41) is 3.74. The van der Waals surface area contributed by atoms with Crippen molar-refractivity contribution < 1.29 is 9.47 Å². The minimum absolute atomic E-state index is 0.225. The van der Waals surface area contributed by atoms with Gasteiger partial charge in [0.25, 0.3) is 0 Å². The number of methoxy groups -OCH3 is 2. The van der Waals surface area contributed by atoms with Crippen LogP contribution in [0.5, 0.6) is 5.75 Å². The zero-order valence-corrected chi connectivity index (χ0v) is 13.3. The molecule has 3 atom stereocenters. The molecule has 20 heavy (non-hydrogen) atoms. The predicted molar refractivity (Wildman–Crippen MR) is 82.3 cm³/mol. The van der Waals surface area contributed by atoms with Gasteiger partial charge in [0, 0.05) is 24.6 Å². The van der Waals surface area contributed by atoms with Gasteiger partial charge in [0.2, 0.25) is 0 Å². The van der Waals surface area contributed by atoms with Gasteiger partial charge in [0.15, 0.2) is 0 Å². The van der Waals surface area contributed by atoms with Crippen LogP contribution >= 0.6 is 0 Å². The molecule has 0 aromatic heterocycles. The highest BCUT2D eigenvalue weighted by atomic mass is 16.5. The fraction of sp³-hybridized carbons (Fsp3) is 0.647. The third-order valence-electron chi connectivity index (χ3n) is 4.65. The summed E-state index contributed by atoms with van der Waals surface area (Å²) < 4.78 is 10.7. The fourth-order valence-electron chi connectivity index (χ4n) is 3.09. The summed E-state index contributed by atoms with van der Waals surface area (Å²) in [7, 11) is 3.51. The van der Waals surface area contributed by atoms with Crippen LogP contribution in [0.15, 0.2) is 24.3 Å². The molecule has 0 bridgehead atoms. The smallest absolute Gasteiger partial charge is 0.118 e. The van der Waals surface area contributed by atoms with Crippen molar-refractivity contribution in [3.8, 4) is 5.75 Å². The van der Waals surface area contributed by atoms with Gasteiger partial charge in [-0.05, 0) is 37.5 Å². The second kappa shape index (κ2) is 6.15. The molecule has 0 radical (unpaired) electrons. The standard InChI is InChI=1S/C17H27NO2/c1-12(10-13-6-8-14(19-4)9-7-13)18-15-11-16(20-5)17(15,2)3/h6-9,12,15-16,18H,10-11H2,1-5H3. The Morgan fingerprint density at radius 1 is 1.25 bits per heavy atom. The average Bonchev–Trinajstić information content (AvgIpc) is 2.43. The van der Waals surface area contributed by atoms with Crippen LogP contribution in [0.1, 0.15) is 32.8 Å². The largest absolute Gasteiger partial charge is 0.497 e. The number of rotatable bonds is 6. The van der Waals surface area contributed by atoms with Crippen LogP contribution in [0.4, 0.5) is 0 Å². The molecular weight excluding hydrogens is 250 g/mol. The van der Waals surface area contributed by atoms with Crippen molar-refractivity contribution in [3.63, 3.8) is 0 Å². The van der Waals surface area contributed by atoms with E-state index in [0.717, 1.165) is 18.6 Å². The fourth-order valence-corrected chi connectivity index (χ4v) is 3.09. The topological polar surface area (TPSA) is 30.5 Å². The third kappa shape index (κ3) is 3.15. The Bertz CT molecular complexity index is 427. The van der Waals surface area contributed by atoms with E-state index < -0.39 is 0 Å². The highest BCUT2D eigenvalue weighted by Gasteiger charge is 2.48. The third-order valence-corrected chi connectivity index (χ3v) is 4.65. The van der Waals surface area contributed by atoms with Crippen LogP contribution in [-0.2, 0) is 11.2 Å². The second-order valence-electron chi connectivity index (χ2n) is 6.45. The minimum Gasteiger partial charge on any atom is -0.497 e. The van der Waals surface area contributed by atoms with Gasteiger partial charge in [-0.1, -0.05) is 26.0 Å². The summed E-state index contributed by atoms with van der Waals surface area (Å²) in [4.78, 5) is 0. The molecule has 3 heteroatoms. The lowest BCUT2D eigenvalue weighted by atomic mass is 9.64. The van der Waals surface area contributed by atoms with Gasteiger partial charge in [-0.15, -0.1) is 0 Å². The molecular formula is C17H27NO2.